The van der Waals surface area contributed by atoms with Crippen LogP contribution in [-0.4, -0.2) is 65.5 Å². The number of ketones is 1. The third kappa shape index (κ3) is 5.12. The molecule has 6 rings (SSSR count). The first-order valence-corrected chi connectivity index (χ1v) is 14.8. The van der Waals surface area contributed by atoms with Crippen molar-refractivity contribution >= 4 is 28.7 Å². The summed E-state index contributed by atoms with van der Waals surface area (Å²) < 4.78 is 7.59. The highest BCUT2D eigenvalue weighted by Crippen LogP contribution is 2.34. The zero-order chi connectivity index (χ0) is 27.8. The number of pyridine rings is 1. The number of methoxy groups -OCH3 is 1. The van der Waals surface area contributed by atoms with E-state index in [0.717, 1.165) is 54.4 Å². The van der Waals surface area contributed by atoms with Crippen LogP contribution in [0.5, 0.6) is 5.75 Å². The number of thiazole rings is 1. The number of halogens is 1. The first-order chi connectivity index (χ1) is 19.4. The number of carbonyl (C=O) groups is 1. The van der Waals surface area contributed by atoms with Crippen LogP contribution in [0, 0.1) is 0 Å². The lowest BCUT2D eigenvalue weighted by Crippen LogP contribution is -2.44. The predicted molar refractivity (Wildman–Crippen MR) is 160 cm³/mol. The largest absolute Gasteiger partial charge is 0.495 e. The Balaban J connectivity index is 1.52. The predicted octanol–water partition coefficient (Wildman–Crippen LogP) is 5.56. The van der Waals surface area contributed by atoms with E-state index in [1.807, 2.05) is 41.8 Å². The third-order valence-corrected chi connectivity index (χ3v) is 8.94. The maximum absolute atomic E-state index is 14.4. The molecule has 206 valence electrons. The summed E-state index contributed by atoms with van der Waals surface area (Å²) in [6, 6.07) is 15.2. The van der Waals surface area contributed by atoms with Crippen molar-refractivity contribution < 1.29 is 9.53 Å². The molecule has 0 atom stereocenters. The molecule has 0 unspecified atom stereocenters. The number of ether oxygens (including phenoxy) is 1. The fourth-order valence-electron chi connectivity index (χ4n) is 5.59. The normalized spacial score (nSPS) is 16.2. The molecule has 3 heterocycles. The van der Waals surface area contributed by atoms with Gasteiger partial charge in [0.05, 0.1) is 24.1 Å². The summed E-state index contributed by atoms with van der Waals surface area (Å²) in [5.41, 5.74) is 5.00. The highest BCUT2D eigenvalue weighted by atomic mass is 35.5. The molecule has 9 heteroatoms. The lowest BCUT2D eigenvalue weighted by atomic mass is 9.92. The maximum atomic E-state index is 14.4. The van der Waals surface area contributed by atoms with Gasteiger partial charge in [-0.05, 0) is 49.7 Å². The number of carbonyl (C=O) groups excluding carboxylic acids is 1. The Labute approximate surface area is 242 Å². The fraction of sp³-hybridized carbons (Fsp3) is 0.323. The summed E-state index contributed by atoms with van der Waals surface area (Å²) in [5, 5.41) is 3.17. The van der Waals surface area contributed by atoms with E-state index < -0.39 is 0 Å². The molecule has 0 saturated carbocycles. The van der Waals surface area contributed by atoms with Crippen molar-refractivity contribution in [3.63, 3.8) is 0 Å². The van der Waals surface area contributed by atoms with Gasteiger partial charge in [0, 0.05) is 66.4 Å². The molecule has 0 N–H and O–H groups in total. The van der Waals surface area contributed by atoms with Gasteiger partial charge in [0.1, 0.15) is 10.8 Å². The Morgan fingerprint density at radius 2 is 1.77 bits per heavy atom. The van der Waals surface area contributed by atoms with Gasteiger partial charge < -0.3 is 9.64 Å². The molecule has 0 radical (unpaired) electrons. The Morgan fingerprint density at radius 1 is 1.00 bits per heavy atom. The third-order valence-electron chi connectivity index (χ3n) is 7.81. The van der Waals surface area contributed by atoms with Crippen LogP contribution in [0.4, 0.5) is 0 Å². The van der Waals surface area contributed by atoms with Crippen molar-refractivity contribution in [3.05, 3.63) is 86.1 Å². The standard InChI is InChI=1S/C31H31ClN4O3S/c1-34-13-15-35(16-14-34)18-21-5-3-8-28(39-2)29(21)36-26-6-4-7-27(37)23(26)17-24(31(36)38)30-33-25(19-40-30)20-9-11-22(32)12-10-20/h3,5,8-12,17,19H,4,6-7,13-16,18H2,1-2H3. The van der Waals surface area contributed by atoms with E-state index in [1.54, 1.807) is 17.7 Å². The summed E-state index contributed by atoms with van der Waals surface area (Å²) in [6.07, 6.45) is 1.83. The zero-order valence-corrected chi connectivity index (χ0v) is 24.2. The fourth-order valence-corrected chi connectivity index (χ4v) is 6.56. The molecule has 1 aliphatic heterocycles. The van der Waals surface area contributed by atoms with Gasteiger partial charge in [-0.2, -0.15) is 0 Å². The van der Waals surface area contributed by atoms with Crippen LogP contribution in [0.25, 0.3) is 27.5 Å². The number of hydrogen-bond donors (Lipinski definition) is 0. The van der Waals surface area contributed by atoms with Crippen LogP contribution < -0.4 is 10.3 Å². The molecule has 40 heavy (non-hydrogen) atoms. The average molecular weight is 575 g/mol. The second-order valence-electron chi connectivity index (χ2n) is 10.4. The van der Waals surface area contributed by atoms with E-state index in [2.05, 4.69) is 22.9 Å². The van der Waals surface area contributed by atoms with E-state index in [1.165, 1.54) is 11.3 Å². The number of hydrogen-bond acceptors (Lipinski definition) is 7. The average Bonchev–Trinajstić information content (AvgIpc) is 3.45. The van der Waals surface area contributed by atoms with Gasteiger partial charge in [-0.3, -0.25) is 19.1 Å². The van der Waals surface area contributed by atoms with E-state index in [0.29, 0.717) is 52.7 Å². The molecule has 2 aromatic heterocycles. The molecule has 0 spiro atoms. The second kappa shape index (κ2) is 11.3. The van der Waals surface area contributed by atoms with Crippen molar-refractivity contribution in [1.29, 1.82) is 0 Å². The van der Waals surface area contributed by atoms with Crippen LogP contribution in [0.1, 0.15) is 34.5 Å². The minimum Gasteiger partial charge on any atom is -0.495 e. The van der Waals surface area contributed by atoms with E-state index in [-0.39, 0.29) is 11.3 Å². The van der Waals surface area contributed by atoms with Crippen LogP contribution >= 0.6 is 22.9 Å². The summed E-state index contributed by atoms with van der Waals surface area (Å²) in [7, 11) is 3.77. The minimum absolute atomic E-state index is 0.0567. The second-order valence-corrected chi connectivity index (χ2v) is 11.7. The van der Waals surface area contributed by atoms with Crippen molar-refractivity contribution in [2.45, 2.75) is 25.8 Å². The molecule has 4 aromatic rings. The van der Waals surface area contributed by atoms with Gasteiger partial charge in [0.15, 0.2) is 5.78 Å². The highest BCUT2D eigenvalue weighted by Gasteiger charge is 2.28. The number of likely N-dealkylation sites (N-methyl/N-ethyl adjacent to an activating group) is 1. The number of rotatable bonds is 6. The molecular weight excluding hydrogens is 544 g/mol. The van der Waals surface area contributed by atoms with Gasteiger partial charge >= 0.3 is 0 Å². The topological polar surface area (TPSA) is 67.7 Å². The summed E-state index contributed by atoms with van der Waals surface area (Å²) in [5.74, 6) is 0.674. The smallest absolute Gasteiger partial charge is 0.265 e. The molecule has 1 fully saturated rings. The van der Waals surface area contributed by atoms with Gasteiger partial charge in [-0.15, -0.1) is 11.3 Å². The molecule has 1 aliphatic carbocycles. The molecule has 1 saturated heterocycles. The van der Waals surface area contributed by atoms with Crippen molar-refractivity contribution in [2.24, 2.45) is 0 Å². The summed E-state index contributed by atoms with van der Waals surface area (Å²) in [4.78, 5) is 37.2. The minimum atomic E-state index is -0.186. The number of benzene rings is 2. The van der Waals surface area contributed by atoms with Gasteiger partial charge in [-0.1, -0.05) is 35.9 Å². The Morgan fingerprint density at radius 3 is 2.52 bits per heavy atom. The Hall–Kier alpha value is -3.30. The number of piperazine rings is 1. The molecule has 2 aliphatic rings. The molecule has 2 aromatic carbocycles. The highest BCUT2D eigenvalue weighted by molar-refractivity contribution is 7.13. The number of Topliss-reactive ketones (excluding diaryl/α,β-unsaturated/α-hetero) is 1. The molecule has 7 nitrogen and oxygen atoms in total. The maximum Gasteiger partial charge on any atom is 0.265 e. The van der Waals surface area contributed by atoms with Gasteiger partial charge in [0.2, 0.25) is 0 Å². The number of aromatic nitrogens is 2. The van der Waals surface area contributed by atoms with Crippen LogP contribution in [-0.2, 0) is 13.0 Å². The van der Waals surface area contributed by atoms with E-state index >= 15 is 0 Å². The number of para-hydroxylation sites is 1. The SMILES string of the molecule is COc1cccc(CN2CCN(C)CC2)c1-n1c2c(cc(-c3nc(-c4ccc(Cl)cc4)cs3)c1=O)C(=O)CCC2. The monoisotopic (exact) mass is 574 g/mol. The first-order valence-electron chi connectivity index (χ1n) is 13.5. The quantitative estimate of drug-likeness (QED) is 0.300. The van der Waals surface area contributed by atoms with Gasteiger partial charge in [0.25, 0.3) is 5.56 Å². The number of nitrogens with zero attached hydrogens (tertiary/aromatic N) is 4. The van der Waals surface area contributed by atoms with Crippen LogP contribution in [0.15, 0.2) is 58.7 Å². The number of fused-ring (bicyclic) bond motifs is 1. The Bertz CT molecular complexity index is 1620. The Kier molecular flexibility index (Phi) is 7.59. The lowest BCUT2D eigenvalue weighted by molar-refractivity contribution is 0.0971. The molecular formula is C31H31ClN4O3S. The lowest BCUT2D eigenvalue weighted by Gasteiger charge is -2.33. The molecule has 0 amide bonds. The van der Waals surface area contributed by atoms with Crippen LogP contribution in [0.2, 0.25) is 5.02 Å². The summed E-state index contributed by atoms with van der Waals surface area (Å²) >= 11 is 7.48. The summed E-state index contributed by atoms with van der Waals surface area (Å²) in [6.45, 7) is 4.59. The van der Waals surface area contributed by atoms with Gasteiger partial charge in [-0.25, -0.2) is 4.98 Å². The zero-order valence-electron chi connectivity index (χ0n) is 22.7. The first kappa shape index (κ1) is 26.9. The van der Waals surface area contributed by atoms with Crippen molar-refractivity contribution in [2.75, 3.05) is 40.3 Å². The molecule has 0 bridgehead atoms. The van der Waals surface area contributed by atoms with E-state index in [4.69, 9.17) is 21.3 Å². The van der Waals surface area contributed by atoms with E-state index in [9.17, 15) is 9.59 Å². The van der Waals surface area contributed by atoms with Crippen molar-refractivity contribution in [3.8, 4) is 33.3 Å². The van der Waals surface area contributed by atoms with Crippen molar-refractivity contribution in [1.82, 2.24) is 19.4 Å². The van der Waals surface area contributed by atoms with Crippen LogP contribution in [0.3, 0.4) is 0 Å².